The number of aliphatic carboxylic acids is 1. The normalized spacial score (nSPS) is 22.2. The van der Waals surface area contributed by atoms with E-state index in [-0.39, 0.29) is 11.3 Å². The van der Waals surface area contributed by atoms with Crippen LogP contribution in [0.5, 0.6) is 0 Å². The second-order valence-electron chi connectivity index (χ2n) is 9.05. The molecule has 2 N–H and O–H groups in total. The SMILES string of the molecule is O=C(NC1CC1)C1=CC2(CCN(CC3CC3)CC2)c2ccccc21.O=C(O)C(F)(F)F. The average Bonchev–Trinajstić information content (AvgIpc) is 3.65. The first-order chi connectivity index (χ1) is 14.7. The van der Waals surface area contributed by atoms with Crippen molar-refractivity contribution in [2.75, 3.05) is 19.6 Å². The number of hydrogen-bond donors (Lipinski definition) is 2. The van der Waals surface area contributed by atoms with E-state index in [9.17, 15) is 18.0 Å². The molecule has 0 radical (unpaired) electrons. The summed E-state index contributed by atoms with van der Waals surface area (Å²) in [5, 5.41) is 10.3. The molecule has 1 heterocycles. The summed E-state index contributed by atoms with van der Waals surface area (Å²) in [4.78, 5) is 24.2. The van der Waals surface area contributed by atoms with Crippen molar-refractivity contribution in [1.29, 1.82) is 0 Å². The Labute approximate surface area is 179 Å². The third-order valence-corrected chi connectivity index (χ3v) is 6.54. The lowest BCUT2D eigenvalue weighted by Gasteiger charge is -2.39. The van der Waals surface area contributed by atoms with E-state index < -0.39 is 12.1 Å². The Morgan fingerprint density at radius 2 is 1.71 bits per heavy atom. The molecule has 1 aromatic rings. The Bertz CT molecular complexity index is 880. The molecule has 1 saturated heterocycles. The minimum absolute atomic E-state index is 0.0901. The maximum absolute atomic E-state index is 12.7. The van der Waals surface area contributed by atoms with Crippen LogP contribution in [0.25, 0.3) is 5.57 Å². The van der Waals surface area contributed by atoms with Crippen molar-refractivity contribution in [1.82, 2.24) is 10.2 Å². The molecule has 168 valence electrons. The van der Waals surface area contributed by atoms with Crippen LogP contribution in [0.2, 0.25) is 0 Å². The van der Waals surface area contributed by atoms with Gasteiger partial charge in [-0.25, -0.2) is 4.79 Å². The number of halogens is 3. The largest absolute Gasteiger partial charge is 0.490 e. The van der Waals surface area contributed by atoms with Crippen LogP contribution < -0.4 is 5.32 Å². The number of alkyl halides is 3. The maximum atomic E-state index is 12.7. The lowest BCUT2D eigenvalue weighted by atomic mass is 9.74. The summed E-state index contributed by atoms with van der Waals surface area (Å²) in [6, 6.07) is 9.01. The molecule has 31 heavy (non-hydrogen) atoms. The predicted octanol–water partition coefficient (Wildman–Crippen LogP) is 3.74. The number of rotatable bonds is 4. The van der Waals surface area contributed by atoms with Gasteiger partial charge in [0.1, 0.15) is 0 Å². The lowest BCUT2D eigenvalue weighted by Crippen LogP contribution is -2.41. The van der Waals surface area contributed by atoms with Gasteiger partial charge in [-0.05, 0) is 68.7 Å². The van der Waals surface area contributed by atoms with Crippen molar-refractivity contribution in [3.05, 3.63) is 41.5 Å². The number of fused-ring (bicyclic) bond motifs is 2. The molecular weight excluding hydrogens is 409 g/mol. The number of likely N-dealkylation sites (tertiary alicyclic amines) is 1. The van der Waals surface area contributed by atoms with Crippen molar-refractivity contribution in [2.24, 2.45) is 5.92 Å². The van der Waals surface area contributed by atoms with E-state index in [4.69, 9.17) is 9.90 Å². The molecule has 1 amide bonds. The van der Waals surface area contributed by atoms with E-state index in [1.807, 2.05) is 0 Å². The van der Waals surface area contributed by atoms with Crippen molar-refractivity contribution < 1.29 is 27.9 Å². The van der Waals surface area contributed by atoms with Gasteiger partial charge in [0.2, 0.25) is 0 Å². The number of carbonyl (C=O) groups excluding carboxylic acids is 1. The highest BCUT2D eigenvalue weighted by atomic mass is 19.4. The molecule has 1 spiro atoms. The number of amides is 1. The van der Waals surface area contributed by atoms with Gasteiger partial charge in [0.05, 0.1) is 0 Å². The van der Waals surface area contributed by atoms with Crippen LogP contribution in [0.4, 0.5) is 13.2 Å². The molecule has 0 aromatic heterocycles. The van der Waals surface area contributed by atoms with Crippen molar-refractivity contribution in [3.63, 3.8) is 0 Å². The summed E-state index contributed by atoms with van der Waals surface area (Å²) in [5.74, 6) is -1.65. The van der Waals surface area contributed by atoms with Gasteiger partial charge in [-0.2, -0.15) is 13.2 Å². The van der Waals surface area contributed by atoms with Gasteiger partial charge in [-0.1, -0.05) is 30.3 Å². The van der Waals surface area contributed by atoms with Crippen LogP contribution in [0, 0.1) is 5.92 Å². The molecule has 3 fully saturated rings. The van der Waals surface area contributed by atoms with Gasteiger partial charge >= 0.3 is 12.1 Å². The fourth-order valence-electron chi connectivity index (χ4n) is 4.48. The first-order valence-electron chi connectivity index (χ1n) is 10.8. The van der Waals surface area contributed by atoms with Crippen molar-refractivity contribution in [2.45, 2.75) is 56.2 Å². The summed E-state index contributed by atoms with van der Waals surface area (Å²) < 4.78 is 31.7. The number of nitrogens with zero attached hydrogens (tertiary/aromatic N) is 1. The van der Waals surface area contributed by atoms with Crippen LogP contribution in [0.1, 0.15) is 49.7 Å². The molecule has 8 heteroatoms. The third kappa shape index (κ3) is 5.11. The highest BCUT2D eigenvalue weighted by Gasteiger charge is 2.43. The van der Waals surface area contributed by atoms with Crippen LogP contribution in [-0.4, -0.2) is 53.7 Å². The minimum atomic E-state index is -5.08. The number of benzene rings is 1. The molecule has 3 aliphatic carbocycles. The standard InChI is InChI=1S/C21H26N2O.C2HF3O2/c24-20(22-16-7-8-16)18-13-21(19-4-2-1-3-17(18)19)9-11-23(12-10-21)14-15-5-6-15;3-2(4,5)1(6)7/h1-4,13,15-16H,5-12,14H2,(H,22,24);(H,6,7). The maximum Gasteiger partial charge on any atom is 0.490 e. The number of carboxylic acid groups (broad SMARTS) is 1. The quantitative estimate of drug-likeness (QED) is 0.755. The molecule has 5 nitrogen and oxygen atoms in total. The van der Waals surface area contributed by atoms with E-state index in [1.165, 1.54) is 43.6 Å². The minimum Gasteiger partial charge on any atom is -0.475 e. The smallest absolute Gasteiger partial charge is 0.475 e. The summed E-state index contributed by atoms with van der Waals surface area (Å²) in [6.45, 7) is 3.62. The van der Waals surface area contributed by atoms with Gasteiger partial charge in [0, 0.05) is 23.6 Å². The van der Waals surface area contributed by atoms with Crippen molar-refractivity contribution >= 4 is 17.4 Å². The van der Waals surface area contributed by atoms with Gasteiger partial charge in [0.15, 0.2) is 0 Å². The molecule has 0 atom stereocenters. The van der Waals surface area contributed by atoms with Gasteiger partial charge in [-0.3, -0.25) is 4.79 Å². The monoisotopic (exact) mass is 436 g/mol. The third-order valence-electron chi connectivity index (χ3n) is 6.54. The summed E-state index contributed by atoms with van der Waals surface area (Å²) in [7, 11) is 0. The highest BCUT2D eigenvalue weighted by Crippen LogP contribution is 2.47. The zero-order valence-electron chi connectivity index (χ0n) is 17.3. The number of hydrogen-bond acceptors (Lipinski definition) is 3. The first kappa shape index (κ1) is 21.9. The second-order valence-corrected chi connectivity index (χ2v) is 9.05. The predicted molar refractivity (Wildman–Crippen MR) is 109 cm³/mol. The van der Waals surface area contributed by atoms with Gasteiger partial charge in [0.25, 0.3) is 5.91 Å². The van der Waals surface area contributed by atoms with Crippen LogP contribution in [0.3, 0.4) is 0 Å². The van der Waals surface area contributed by atoms with Crippen molar-refractivity contribution in [3.8, 4) is 0 Å². The number of nitrogens with one attached hydrogen (secondary N) is 1. The molecule has 1 aliphatic heterocycles. The fourth-order valence-corrected chi connectivity index (χ4v) is 4.48. The van der Waals surface area contributed by atoms with E-state index in [1.54, 1.807) is 0 Å². The zero-order valence-corrected chi connectivity index (χ0v) is 17.3. The molecular formula is C23H27F3N2O3. The van der Waals surface area contributed by atoms with E-state index in [0.29, 0.717) is 6.04 Å². The topological polar surface area (TPSA) is 69.6 Å². The molecule has 2 saturated carbocycles. The average molecular weight is 436 g/mol. The summed E-state index contributed by atoms with van der Waals surface area (Å²) in [6.07, 6.45) is 4.66. The molecule has 4 aliphatic rings. The Hall–Kier alpha value is -2.35. The lowest BCUT2D eigenvalue weighted by molar-refractivity contribution is -0.192. The van der Waals surface area contributed by atoms with E-state index in [2.05, 4.69) is 40.6 Å². The Kier molecular flexibility index (Phi) is 5.85. The highest BCUT2D eigenvalue weighted by molar-refractivity contribution is 6.21. The van der Waals surface area contributed by atoms with E-state index in [0.717, 1.165) is 37.2 Å². The fraction of sp³-hybridized carbons (Fsp3) is 0.565. The molecule has 0 bridgehead atoms. The first-order valence-corrected chi connectivity index (χ1v) is 10.8. The van der Waals surface area contributed by atoms with E-state index >= 15 is 0 Å². The second kappa shape index (κ2) is 8.30. The number of carbonyl (C=O) groups is 2. The zero-order chi connectivity index (χ0) is 22.2. The Morgan fingerprint density at radius 1 is 1.10 bits per heavy atom. The van der Waals surface area contributed by atoms with Crippen LogP contribution >= 0.6 is 0 Å². The number of piperidine rings is 1. The summed E-state index contributed by atoms with van der Waals surface area (Å²) >= 11 is 0. The molecule has 1 aromatic carbocycles. The number of allylic oxidation sites excluding steroid dienone is 1. The molecule has 0 unspecified atom stereocenters. The van der Waals surface area contributed by atoms with Crippen LogP contribution in [0.15, 0.2) is 30.3 Å². The van der Waals surface area contributed by atoms with Gasteiger partial charge < -0.3 is 15.3 Å². The Morgan fingerprint density at radius 3 is 2.26 bits per heavy atom. The number of carboxylic acids is 1. The molecule has 5 rings (SSSR count). The van der Waals surface area contributed by atoms with Gasteiger partial charge in [-0.15, -0.1) is 0 Å². The summed E-state index contributed by atoms with van der Waals surface area (Å²) in [5.41, 5.74) is 3.57. The Balaban J connectivity index is 0.000000289. The van der Waals surface area contributed by atoms with Crippen LogP contribution in [-0.2, 0) is 15.0 Å².